The molecule has 3 heterocycles. The van der Waals surface area contributed by atoms with E-state index in [1.807, 2.05) is 43.9 Å². The van der Waals surface area contributed by atoms with Crippen LogP contribution < -0.4 is 20.4 Å². The Morgan fingerprint density at radius 1 is 1.06 bits per heavy atom. The Kier molecular flexibility index (Phi) is 5.19. The van der Waals surface area contributed by atoms with Gasteiger partial charge in [0, 0.05) is 44.0 Å². The Morgan fingerprint density at radius 3 is 2.58 bits per heavy atom. The van der Waals surface area contributed by atoms with E-state index in [0.29, 0.717) is 17.7 Å². The van der Waals surface area contributed by atoms with E-state index < -0.39 is 0 Å². The molecule has 1 aliphatic carbocycles. The van der Waals surface area contributed by atoms with Gasteiger partial charge in [-0.3, -0.25) is 9.48 Å². The van der Waals surface area contributed by atoms with Gasteiger partial charge in [0.05, 0.1) is 17.1 Å². The molecule has 1 atom stereocenters. The summed E-state index contributed by atoms with van der Waals surface area (Å²) in [5.74, 6) is 2.79. The van der Waals surface area contributed by atoms with Crippen molar-refractivity contribution >= 4 is 40.6 Å². The molecular formula is C24H30N8O. The number of nitrogens with one attached hydrogen (secondary N) is 2. The lowest BCUT2D eigenvalue weighted by molar-refractivity contribution is -0.119. The van der Waals surface area contributed by atoms with Gasteiger partial charge in [-0.05, 0) is 57.9 Å². The summed E-state index contributed by atoms with van der Waals surface area (Å²) in [4.78, 5) is 25.6. The lowest BCUT2D eigenvalue weighted by atomic mass is 10.0. The van der Waals surface area contributed by atoms with Gasteiger partial charge < -0.3 is 20.4 Å². The highest BCUT2D eigenvalue weighted by molar-refractivity contribution is 6.05. The SMILES string of the molecule is CC(C)N1c2cc(Nc3nccc(Nc4cc(C5CC5)nn4C)n3)ccc2N(C)C(=O)[C@H]1C. The van der Waals surface area contributed by atoms with E-state index in [9.17, 15) is 4.79 Å². The second-order valence-corrected chi connectivity index (χ2v) is 9.15. The number of nitrogens with zero attached hydrogens (tertiary/aromatic N) is 6. The van der Waals surface area contributed by atoms with Crippen molar-refractivity contribution in [1.82, 2.24) is 19.7 Å². The van der Waals surface area contributed by atoms with Crippen LogP contribution in [-0.2, 0) is 11.8 Å². The number of aryl methyl sites for hydroxylation is 1. The molecule has 0 bridgehead atoms. The van der Waals surface area contributed by atoms with E-state index in [2.05, 4.69) is 56.6 Å². The first-order valence-corrected chi connectivity index (χ1v) is 11.4. The molecule has 1 amide bonds. The highest BCUT2D eigenvalue weighted by Crippen LogP contribution is 2.40. The van der Waals surface area contributed by atoms with Crippen LogP contribution in [-0.4, -0.2) is 44.8 Å². The van der Waals surface area contributed by atoms with Crippen molar-refractivity contribution in [1.29, 1.82) is 0 Å². The van der Waals surface area contributed by atoms with Crippen molar-refractivity contribution in [2.24, 2.45) is 7.05 Å². The summed E-state index contributed by atoms with van der Waals surface area (Å²) in [6.45, 7) is 6.15. The number of carbonyl (C=O) groups is 1. The number of hydrogen-bond acceptors (Lipinski definition) is 7. The average molecular weight is 447 g/mol. The zero-order chi connectivity index (χ0) is 23.3. The maximum Gasteiger partial charge on any atom is 0.249 e. The van der Waals surface area contributed by atoms with Crippen molar-refractivity contribution in [2.45, 2.75) is 51.6 Å². The molecule has 9 heteroatoms. The van der Waals surface area contributed by atoms with E-state index in [-0.39, 0.29) is 18.0 Å². The van der Waals surface area contributed by atoms with E-state index in [1.54, 1.807) is 11.1 Å². The Balaban J connectivity index is 1.38. The molecule has 0 saturated heterocycles. The first-order chi connectivity index (χ1) is 15.8. The summed E-state index contributed by atoms with van der Waals surface area (Å²) in [6.07, 6.45) is 4.16. The summed E-state index contributed by atoms with van der Waals surface area (Å²) in [5, 5.41) is 11.3. The smallest absolute Gasteiger partial charge is 0.249 e. The molecule has 0 radical (unpaired) electrons. The maximum absolute atomic E-state index is 12.7. The minimum atomic E-state index is -0.221. The minimum Gasteiger partial charge on any atom is -0.356 e. The summed E-state index contributed by atoms with van der Waals surface area (Å²) in [6, 6.07) is 9.87. The van der Waals surface area contributed by atoms with Crippen LogP contribution in [0.4, 0.5) is 34.6 Å². The standard InChI is InChI=1S/C24H30N8O/c1-14(2)32-15(3)23(33)30(4)19-9-8-17(12-20(19)32)26-24-25-11-10-21(28-24)27-22-13-18(16-6-7-16)29-31(22)5/h8-16H,6-7H2,1-5H3,(H2,25,26,27,28)/t15-/m1/s1. The average Bonchev–Trinajstić information content (AvgIpc) is 3.56. The van der Waals surface area contributed by atoms with Gasteiger partial charge in [-0.25, -0.2) is 4.98 Å². The van der Waals surface area contributed by atoms with Gasteiger partial charge in [0.15, 0.2) is 0 Å². The van der Waals surface area contributed by atoms with Crippen molar-refractivity contribution in [2.75, 3.05) is 27.5 Å². The number of likely N-dealkylation sites (N-methyl/N-ethyl adjacent to an activating group) is 1. The number of aromatic nitrogens is 4. The Morgan fingerprint density at radius 2 is 1.85 bits per heavy atom. The number of rotatable bonds is 6. The van der Waals surface area contributed by atoms with Crippen molar-refractivity contribution in [3.63, 3.8) is 0 Å². The minimum absolute atomic E-state index is 0.0963. The van der Waals surface area contributed by atoms with Gasteiger partial charge in [-0.1, -0.05) is 0 Å². The second kappa shape index (κ2) is 8.06. The molecule has 172 valence electrons. The van der Waals surface area contributed by atoms with Crippen LogP contribution in [0.15, 0.2) is 36.5 Å². The number of hydrogen-bond donors (Lipinski definition) is 2. The predicted octanol–water partition coefficient (Wildman–Crippen LogP) is 4.15. The Hall–Kier alpha value is -3.62. The molecular weight excluding hydrogens is 416 g/mol. The third-order valence-corrected chi connectivity index (χ3v) is 6.34. The third kappa shape index (κ3) is 3.99. The summed E-state index contributed by atoms with van der Waals surface area (Å²) >= 11 is 0. The van der Waals surface area contributed by atoms with Crippen molar-refractivity contribution in [3.8, 4) is 0 Å². The maximum atomic E-state index is 12.7. The molecule has 1 saturated carbocycles. The Labute approximate surface area is 193 Å². The Bertz CT molecular complexity index is 1200. The first kappa shape index (κ1) is 21.2. The van der Waals surface area contributed by atoms with Gasteiger partial charge >= 0.3 is 0 Å². The topological polar surface area (TPSA) is 91.2 Å². The predicted molar refractivity (Wildman–Crippen MR) is 131 cm³/mol. The highest BCUT2D eigenvalue weighted by atomic mass is 16.2. The quantitative estimate of drug-likeness (QED) is 0.588. The molecule has 1 fully saturated rings. The fourth-order valence-electron chi connectivity index (χ4n) is 4.48. The van der Waals surface area contributed by atoms with Crippen LogP contribution in [0.5, 0.6) is 0 Å². The fraction of sp³-hybridized carbons (Fsp3) is 0.417. The summed E-state index contributed by atoms with van der Waals surface area (Å²) < 4.78 is 1.85. The van der Waals surface area contributed by atoms with Gasteiger partial charge in [-0.2, -0.15) is 10.1 Å². The van der Waals surface area contributed by atoms with Gasteiger partial charge in [0.2, 0.25) is 11.9 Å². The summed E-state index contributed by atoms with van der Waals surface area (Å²) in [7, 11) is 3.76. The van der Waals surface area contributed by atoms with Gasteiger partial charge in [-0.15, -0.1) is 0 Å². The van der Waals surface area contributed by atoms with Crippen molar-refractivity contribution in [3.05, 3.63) is 42.2 Å². The lowest BCUT2D eigenvalue weighted by Gasteiger charge is -2.42. The third-order valence-electron chi connectivity index (χ3n) is 6.34. The number of benzene rings is 1. The van der Waals surface area contributed by atoms with Crippen LogP contribution in [0.2, 0.25) is 0 Å². The lowest BCUT2D eigenvalue weighted by Crippen LogP contribution is -2.53. The van der Waals surface area contributed by atoms with E-state index in [4.69, 9.17) is 0 Å². The monoisotopic (exact) mass is 446 g/mol. The second-order valence-electron chi connectivity index (χ2n) is 9.15. The normalized spacial score (nSPS) is 18.0. The van der Waals surface area contributed by atoms with Crippen LogP contribution >= 0.6 is 0 Å². The molecule has 5 rings (SSSR count). The van der Waals surface area contributed by atoms with Crippen molar-refractivity contribution < 1.29 is 4.79 Å². The molecule has 33 heavy (non-hydrogen) atoms. The fourth-order valence-corrected chi connectivity index (χ4v) is 4.48. The number of amides is 1. The molecule has 9 nitrogen and oxygen atoms in total. The van der Waals surface area contributed by atoms with Crippen LogP contribution in [0, 0.1) is 0 Å². The molecule has 2 N–H and O–H groups in total. The van der Waals surface area contributed by atoms with Crippen LogP contribution in [0.3, 0.4) is 0 Å². The van der Waals surface area contributed by atoms with Crippen LogP contribution in [0.25, 0.3) is 0 Å². The largest absolute Gasteiger partial charge is 0.356 e. The van der Waals surface area contributed by atoms with Gasteiger partial charge in [0.1, 0.15) is 17.7 Å². The van der Waals surface area contributed by atoms with E-state index in [1.165, 1.54) is 12.8 Å². The molecule has 1 aromatic carbocycles. The molecule has 1 aliphatic heterocycles. The molecule has 2 aliphatic rings. The van der Waals surface area contributed by atoms with Crippen LogP contribution in [0.1, 0.15) is 45.2 Å². The van der Waals surface area contributed by atoms with E-state index >= 15 is 0 Å². The molecule has 0 spiro atoms. The highest BCUT2D eigenvalue weighted by Gasteiger charge is 2.35. The zero-order valence-electron chi connectivity index (χ0n) is 19.7. The number of anilines is 6. The number of carbonyl (C=O) groups excluding carboxylic acids is 1. The zero-order valence-corrected chi connectivity index (χ0v) is 19.7. The van der Waals surface area contributed by atoms with E-state index in [0.717, 1.165) is 28.6 Å². The van der Waals surface area contributed by atoms with Gasteiger partial charge in [0.25, 0.3) is 0 Å². The molecule has 2 aromatic heterocycles. The molecule has 3 aromatic rings. The molecule has 0 unspecified atom stereocenters. The summed E-state index contributed by atoms with van der Waals surface area (Å²) in [5.41, 5.74) is 3.91. The first-order valence-electron chi connectivity index (χ1n) is 11.4. The number of fused-ring (bicyclic) bond motifs is 1.